The van der Waals surface area contributed by atoms with E-state index in [9.17, 15) is 9.59 Å². The van der Waals surface area contributed by atoms with Crippen LogP contribution in [-0.2, 0) is 22.5 Å². The first kappa shape index (κ1) is 19.6. The summed E-state index contributed by atoms with van der Waals surface area (Å²) in [5.41, 5.74) is 3.00. The van der Waals surface area contributed by atoms with Gasteiger partial charge in [0.25, 0.3) is 0 Å². The van der Waals surface area contributed by atoms with E-state index in [-0.39, 0.29) is 24.0 Å². The molecule has 1 aromatic rings. The molecule has 0 unspecified atom stereocenters. The maximum absolute atomic E-state index is 12.7. The Labute approximate surface area is 172 Å². The van der Waals surface area contributed by atoms with Crippen molar-refractivity contribution < 1.29 is 14.3 Å². The maximum Gasteiger partial charge on any atom is 0.410 e. The largest absolute Gasteiger partial charge is 0.444 e. The molecule has 1 saturated heterocycles. The van der Waals surface area contributed by atoms with Crippen molar-refractivity contribution >= 4 is 23.6 Å². The molecule has 3 aliphatic rings. The van der Waals surface area contributed by atoms with E-state index in [0.29, 0.717) is 18.1 Å². The Balaban J connectivity index is 1.60. The zero-order valence-corrected chi connectivity index (χ0v) is 17.7. The van der Waals surface area contributed by atoms with Gasteiger partial charge in [-0.1, -0.05) is 11.6 Å². The summed E-state index contributed by atoms with van der Waals surface area (Å²) in [5, 5.41) is 0.672. The zero-order chi connectivity index (χ0) is 20.1. The van der Waals surface area contributed by atoms with Gasteiger partial charge in [-0.2, -0.15) is 0 Å². The van der Waals surface area contributed by atoms with E-state index in [4.69, 9.17) is 16.3 Å². The minimum absolute atomic E-state index is 0.00650. The van der Waals surface area contributed by atoms with Crippen molar-refractivity contribution in [2.24, 2.45) is 5.92 Å². The Morgan fingerprint density at radius 2 is 1.89 bits per heavy atom. The van der Waals surface area contributed by atoms with Gasteiger partial charge in [-0.25, -0.2) is 4.79 Å². The van der Waals surface area contributed by atoms with Gasteiger partial charge in [-0.3, -0.25) is 4.79 Å². The highest BCUT2D eigenvalue weighted by Crippen LogP contribution is 2.40. The van der Waals surface area contributed by atoms with Crippen LogP contribution in [0.5, 0.6) is 0 Å². The standard InChI is InChI=1S/C22H29ClN2O3/c1-22(2,3)28-21(27)25-9-4-5-19(25)18-12-16(23)11-15-13-24(10-8-17(15)18)20(26)14-6-7-14/h11-12,14,19H,4-10,13H2,1-3H3/t19-/m0/s1. The number of benzene rings is 1. The van der Waals surface area contributed by atoms with Crippen LogP contribution < -0.4 is 0 Å². The van der Waals surface area contributed by atoms with E-state index >= 15 is 0 Å². The summed E-state index contributed by atoms with van der Waals surface area (Å²) in [6.45, 7) is 7.74. The third-order valence-corrected chi connectivity index (χ3v) is 6.03. The Hall–Kier alpha value is -1.75. The van der Waals surface area contributed by atoms with Crippen molar-refractivity contribution in [3.63, 3.8) is 0 Å². The van der Waals surface area contributed by atoms with E-state index < -0.39 is 5.60 Å². The number of likely N-dealkylation sites (tertiary alicyclic amines) is 1. The monoisotopic (exact) mass is 404 g/mol. The second-order valence-electron chi connectivity index (χ2n) is 9.25. The van der Waals surface area contributed by atoms with Crippen molar-refractivity contribution in [1.29, 1.82) is 0 Å². The Morgan fingerprint density at radius 3 is 2.57 bits per heavy atom. The molecule has 4 rings (SSSR count). The number of hydrogen-bond acceptors (Lipinski definition) is 3. The highest BCUT2D eigenvalue weighted by molar-refractivity contribution is 6.30. The number of halogens is 1. The van der Waals surface area contributed by atoms with E-state index in [1.165, 1.54) is 5.56 Å². The average Bonchev–Trinajstić information content (AvgIpc) is 3.34. The van der Waals surface area contributed by atoms with Crippen LogP contribution >= 0.6 is 11.6 Å². The fraction of sp³-hybridized carbons (Fsp3) is 0.636. The van der Waals surface area contributed by atoms with Crippen LogP contribution in [0.3, 0.4) is 0 Å². The molecule has 0 aromatic heterocycles. The lowest BCUT2D eigenvalue weighted by Crippen LogP contribution is -2.39. The summed E-state index contributed by atoms with van der Waals surface area (Å²) in [6, 6.07) is 3.99. The normalized spacial score (nSPS) is 22.2. The van der Waals surface area contributed by atoms with Crippen molar-refractivity contribution in [3.8, 4) is 0 Å². The van der Waals surface area contributed by atoms with Crippen LogP contribution in [0.2, 0.25) is 5.02 Å². The highest BCUT2D eigenvalue weighted by Gasteiger charge is 2.38. The van der Waals surface area contributed by atoms with Gasteiger partial charge in [-0.05, 0) is 81.7 Å². The average molecular weight is 405 g/mol. The van der Waals surface area contributed by atoms with Crippen molar-refractivity contribution in [2.45, 2.75) is 71.1 Å². The molecular formula is C22H29ClN2O3. The SMILES string of the molecule is CC(C)(C)OC(=O)N1CCC[C@H]1c1cc(Cl)cc2c1CCN(C(=O)C1CC1)C2. The van der Waals surface area contributed by atoms with E-state index in [1.54, 1.807) is 0 Å². The van der Waals surface area contributed by atoms with Crippen molar-refractivity contribution in [2.75, 3.05) is 13.1 Å². The molecule has 5 nitrogen and oxygen atoms in total. The molecule has 2 heterocycles. The molecule has 1 aliphatic carbocycles. The molecular weight excluding hydrogens is 376 g/mol. The number of rotatable bonds is 2. The highest BCUT2D eigenvalue weighted by atomic mass is 35.5. The van der Waals surface area contributed by atoms with Gasteiger partial charge < -0.3 is 14.5 Å². The fourth-order valence-electron chi connectivity index (χ4n) is 4.40. The molecule has 1 aromatic carbocycles. The number of fused-ring (bicyclic) bond motifs is 1. The third kappa shape index (κ3) is 4.00. The summed E-state index contributed by atoms with van der Waals surface area (Å²) >= 11 is 6.46. The number of carbonyl (C=O) groups is 2. The number of amides is 2. The summed E-state index contributed by atoms with van der Waals surface area (Å²) in [7, 11) is 0. The van der Waals surface area contributed by atoms with Gasteiger partial charge in [-0.15, -0.1) is 0 Å². The number of ether oxygens (including phenoxy) is 1. The number of nitrogens with zero attached hydrogens (tertiary/aromatic N) is 2. The lowest BCUT2D eigenvalue weighted by Gasteiger charge is -2.34. The summed E-state index contributed by atoms with van der Waals surface area (Å²) in [5.74, 6) is 0.515. The molecule has 6 heteroatoms. The Kier molecular flexibility index (Phi) is 5.07. The first-order chi connectivity index (χ1) is 13.2. The topological polar surface area (TPSA) is 49.9 Å². The first-order valence-electron chi connectivity index (χ1n) is 10.3. The molecule has 28 heavy (non-hydrogen) atoms. The third-order valence-electron chi connectivity index (χ3n) is 5.81. The van der Waals surface area contributed by atoms with E-state index in [1.807, 2.05) is 42.7 Å². The molecule has 1 saturated carbocycles. The summed E-state index contributed by atoms with van der Waals surface area (Å²) < 4.78 is 5.63. The predicted molar refractivity (Wildman–Crippen MR) is 108 cm³/mol. The second-order valence-corrected chi connectivity index (χ2v) is 9.68. The first-order valence-corrected chi connectivity index (χ1v) is 10.7. The molecule has 2 fully saturated rings. The van der Waals surface area contributed by atoms with Gasteiger partial charge in [0.1, 0.15) is 5.60 Å². The molecule has 2 amide bonds. The van der Waals surface area contributed by atoms with Crippen LogP contribution in [0.15, 0.2) is 12.1 Å². The smallest absolute Gasteiger partial charge is 0.410 e. The molecule has 0 spiro atoms. The van der Waals surface area contributed by atoms with Gasteiger partial charge in [0.2, 0.25) is 5.91 Å². The van der Waals surface area contributed by atoms with Crippen LogP contribution in [0.1, 0.15) is 69.2 Å². The summed E-state index contributed by atoms with van der Waals surface area (Å²) in [6.07, 6.45) is 4.48. The summed E-state index contributed by atoms with van der Waals surface area (Å²) in [4.78, 5) is 29.1. The lowest BCUT2D eigenvalue weighted by molar-refractivity contribution is -0.133. The van der Waals surface area contributed by atoms with Crippen LogP contribution in [0.4, 0.5) is 4.79 Å². The maximum atomic E-state index is 12.7. The fourth-order valence-corrected chi connectivity index (χ4v) is 4.65. The minimum Gasteiger partial charge on any atom is -0.444 e. The van der Waals surface area contributed by atoms with E-state index in [0.717, 1.165) is 49.8 Å². The van der Waals surface area contributed by atoms with Gasteiger partial charge in [0.05, 0.1) is 6.04 Å². The quantitative estimate of drug-likeness (QED) is 0.717. The molecule has 0 radical (unpaired) electrons. The molecule has 2 aliphatic heterocycles. The number of carbonyl (C=O) groups excluding carboxylic acids is 2. The van der Waals surface area contributed by atoms with Gasteiger partial charge in [0.15, 0.2) is 0 Å². The minimum atomic E-state index is -0.512. The van der Waals surface area contributed by atoms with Crippen molar-refractivity contribution in [3.05, 3.63) is 33.8 Å². The van der Waals surface area contributed by atoms with Gasteiger partial charge in [0, 0.05) is 30.6 Å². The molecule has 0 N–H and O–H groups in total. The molecule has 1 atom stereocenters. The van der Waals surface area contributed by atoms with Crippen LogP contribution in [0, 0.1) is 5.92 Å². The van der Waals surface area contributed by atoms with Crippen molar-refractivity contribution in [1.82, 2.24) is 9.80 Å². The lowest BCUT2D eigenvalue weighted by atomic mass is 9.89. The Morgan fingerprint density at radius 1 is 1.14 bits per heavy atom. The Bertz CT molecular complexity index is 798. The van der Waals surface area contributed by atoms with Crippen LogP contribution in [0.25, 0.3) is 0 Å². The second kappa shape index (κ2) is 7.25. The van der Waals surface area contributed by atoms with Crippen LogP contribution in [-0.4, -0.2) is 40.5 Å². The van der Waals surface area contributed by atoms with E-state index in [2.05, 4.69) is 0 Å². The molecule has 0 bridgehead atoms. The number of hydrogen-bond donors (Lipinski definition) is 0. The van der Waals surface area contributed by atoms with Gasteiger partial charge >= 0.3 is 6.09 Å². The zero-order valence-electron chi connectivity index (χ0n) is 17.0. The predicted octanol–water partition coefficient (Wildman–Crippen LogP) is 4.71. The molecule has 152 valence electrons.